The molecule has 0 aromatic heterocycles. The van der Waals surface area contributed by atoms with Crippen LogP contribution >= 0.6 is 24.0 Å². The second-order valence-corrected chi connectivity index (χ2v) is 8.16. The van der Waals surface area contributed by atoms with E-state index in [1.807, 2.05) is 30.3 Å². The van der Waals surface area contributed by atoms with E-state index < -0.39 is 0 Å². The zero-order chi connectivity index (χ0) is 21.8. The van der Waals surface area contributed by atoms with Gasteiger partial charge in [-0.15, -0.1) is 24.0 Å². The third-order valence-electron chi connectivity index (χ3n) is 6.18. The number of anilines is 1. The molecule has 0 bridgehead atoms. The standard InChI is InChI=1S/C24H31FN4O2.HI/c1-26-24(28-23-15-21(23)20-6-4-5-7-22(20)25)27-16-8-10-29(11-9-16)17-12-18(30-2)14-19(13-17)31-3;/h4-7,12-14,16,21,23H,8-11,15H2,1-3H3,(H2,26,27,28);1H. The van der Waals surface area contributed by atoms with E-state index in [2.05, 4.69) is 20.5 Å². The van der Waals surface area contributed by atoms with Crippen LogP contribution in [0.15, 0.2) is 47.5 Å². The molecule has 1 saturated heterocycles. The van der Waals surface area contributed by atoms with Crippen molar-refractivity contribution in [2.45, 2.75) is 37.3 Å². The molecule has 2 unspecified atom stereocenters. The number of hydrogen-bond acceptors (Lipinski definition) is 4. The molecule has 1 aliphatic heterocycles. The molecule has 2 fully saturated rings. The van der Waals surface area contributed by atoms with Gasteiger partial charge < -0.3 is 25.0 Å². The molecule has 1 heterocycles. The summed E-state index contributed by atoms with van der Waals surface area (Å²) in [7, 11) is 5.13. The van der Waals surface area contributed by atoms with Gasteiger partial charge in [-0.05, 0) is 30.9 Å². The minimum Gasteiger partial charge on any atom is -0.497 e. The maximum absolute atomic E-state index is 14.0. The number of aliphatic imine (C=N–C) groups is 1. The van der Waals surface area contributed by atoms with E-state index >= 15 is 0 Å². The van der Waals surface area contributed by atoms with Crippen molar-refractivity contribution in [1.29, 1.82) is 0 Å². The van der Waals surface area contributed by atoms with Gasteiger partial charge in [-0.2, -0.15) is 0 Å². The number of guanidine groups is 1. The van der Waals surface area contributed by atoms with Crippen LogP contribution < -0.4 is 25.0 Å². The van der Waals surface area contributed by atoms with Crippen LogP contribution in [0.2, 0.25) is 0 Å². The Hall–Kier alpha value is -2.23. The summed E-state index contributed by atoms with van der Waals surface area (Å²) in [5.74, 6) is 2.48. The van der Waals surface area contributed by atoms with Gasteiger partial charge in [-0.3, -0.25) is 4.99 Å². The van der Waals surface area contributed by atoms with Crippen molar-refractivity contribution in [3.8, 4) is 11.5 Å². The first-order chi connectivity index (χ1) is 15.1. The van der Waals surface area contributed by atoms with Crippen LogP contribution in [0.25, 0.3) is 0 Å². The van der Waals surface area contributed by atoms with Gasteiger partial charge in [0, 0.05) is 62.0 Å². The number of ether oxygens (including phenoxy) is 2. The summed E-state index contributed by atoms with van der Waals surface area (Å²) in [4.78, 5) is 6.75. The Bertz CT molecular complexity index is 912. The predicted molar refractivity (Wildman–Crippen MR) is 137 cm³/mol. The van der Waals surface area contributed by atoms with Crippen LogP contribution in [0.4, 0.5) is 10.1 Å². The second kappa shape index (κ2) is 11.1. The number of benzene rings is 2. The van der Waals surface area contributed by atoms with Gasteiger partial charge in [0.25, 0.3) is 0 Å². The quantitative estimate of drug-likeness (QED) is 0.320. The number of methoxy groups -OCH3 is 2. The molecule has 4 rings (SSSR count). The lowest BCUT2D eigenvalue weighted by molar-refractivity contribution is 0.393. The lowest BCUT2D eigenvalue weighted by Crippen LogP contribution is -2.49. The summed E-state index contributed by atoms with van der Waals surface area (Å²) in [6.07, 6.45) is 2.93. The minimum absolute atomic E-state index is 0. The first-order valence-electron chi connectivity index (χ1n) is 10.8. The van der Waals surface area contributed by atoms with Crippen molar-refractivity contribution >= 4 is 35.6 Å². The fourth-order valence-corrected chi connectivity index (χ4v) is 4.27. The van der Waals surface area contributed by atoms with Crippen LogP contribution in [0.5, 0.6) is 11.5 Å². The van der Waals surface area contributed by atoms with Gasteiger partial charge >= 0.3 is 0 Å². The first kappa shape index (κ1) is 24.4. The third kappa shape index (κ3) is 5.76. The van der Waals surface area contributed by atoms with Crippen molar-refractivity contribution in [2.75, 3.05) is 39.3 Å². The van der Waals surface area contributed by atoms with Crippen LogP contribution in [0.1, 0.15) is 30.7 Å². The normalized spacial score (nSPS) is 20.9. The maximum Gasteiger partial charge on any atom is 0.191 e. The molecule has 1 aliphatic carbocycles. The summed E-state index contributed by atoms with van der Waals surface area (Å²) < 4.78 is 24.8. The zero-order valence-corrected chi connectivity index (χ0v) is 21.1. The topological polar surface area (TPSA) is 58.1 Å². The third-order valence-corrected chi connectivity index (χ3v) is 6.18. The Balaban J connectivity index is 0.00000289. The summed E-state index contributed by atoms with van der Waals surface area (Å²) in [6, 6.07) is 13.6. The fourth-order valence-electron chi connectivity index (χ4n) is 4.27. The molecule has 32 heavy (non-hydrogen) atoms. The number of nitrogens with one attached hydrogen (secondary N) is 2. The first-order valence-corrected chi connectivity index (χ1v) is 10.8. The minimum atomic E-state index is -0.124. The monoisotopic (exact) mass is 554 g/mol. The smallest absolute Gasteiger partial charge is 0.191 e. The SMILES string of the molecule is CN=C(NC1CCN(c2cc(OC)cc(OC)c2)CC1)NC1CC1c1ccccc1F.I. The summed E-state index contributed by atoms with van der Waals surface area (Å²) in [5, 5.41) is 7.01. The van der Waals surface area contributed by atoms with Crippen molar-refractivity contribution in [3.63, 3.8) is 0 Å². The molecule has 2 N–H and O–H groups in total. The van der Waals surface area contributed by atoms with E-state index in [0.29, 0.717) is 6.04 Å². The number of piperidine rings is 1. The van der Waals surface area contributed by atoms with E-state index in [1.54, 1.807) is 27.3 Å². The highest BCUT2D eigenvalue weighted by Gasteiger charge is 2.40. The van der Waals surface area contributed by atoms with E-state index in [9.17, 15) is 4.39 Å². The highest BCUT2D eigenvalue weighted by molar-refractivity contribution is 14.0. The van der Waals surface area contributed by atoms with Crippen molar-refractivity contribution in [3.05, 3.63) is 53.8 Å². The van der Waals surface area contributed by atoms with E-state index in [4.69, 9.17) is 9.47 Å². The molecule has 2 aromatic rings. The van der Waals surface area contributed by atoms with Crippen LogP contribution in [-0.4, -0.2) is 52.4 Å². The predicted octanol–water partition coefficient (Wildman–Crippen LogP) is 4.15. The molecule has 8 heteroatoms. The van der Waals surface area contributed by atoms with Crippen molar-refractivity contribution in [1.82, 2.24) is 10.6 Å². The lowest BCUT2D eigenvalue weighted by Gasteiger charge is -2.34. The Morgan fingerprint density at radius 3 is 2.28 bits per heavy atom. The van der Waals surface area contributed by atoms with Crippen LogP contribution in [0, 0.1) is 5.82 Å². The molecule has 0 spiro atoms. The average molecular weight is 554 g/mol. The van der Waals surface area contributed by atoms with Gasteiger partial charge in [0.15, 0.2) is 5.96 Å². The maximum atomic E-state index is 14.0. The Morgan fingerprint density at radius 2 is 1.69 bits per heavy atom. The van der Waals surface area contributed by atoms with Gasteiger partial charge in [-0.1, -0.05) is 18.2 Å². The number of hydrogen-bond donors (Lipinski definition) is 2. The molecule has 6 nitrogen and oxygen atoms in total. The molecular formula is C24H32FIN4O2. The molecular weight excluding hydrogens is 522 g/mol. The summed E-state index contributed by atoms with van der Waals surface area (Å²) in [6.45, 7) is 1.87. The number of halogens is 2. The molecule has 2 aromatic carbocycles. The number of rotatable bonds is 6. The van der Waals surface area contributed by atoms with E-state index in [1.165, 1.54) is 6.07 Å². The highest BCUT2D eigenvalue weighted by Crippen LogP contribution is 2.41. The lowest BCUT2D eigenvalue weighted by atomic mass is 10.0. The summed E-state index contributed by atoms with van der Waals surface area (Å²) in [5.41, 5.74) is 1.90. The van der Waals surface area contributed by atoms with Gasteiger partial charge in [-0.25, -0.2) is 4.39 Å². The molecule has 2 atom stereocenters. The Kier molecular flexibility index (Phi) is 8.44. The highest BCUT2D eigenvalue weighted by atomic mass is 127. The average Bonchev–Trinajstić information content (AvgIpc) is 3.57. The fraction of sp³-hybridized carbons (Fsp3) is 0.458. The molecule has 174 valence electrons. The van der Waals surface area contributed by atoms with E-state index in [0.717, 1.165) is 61.1 Å². The van der Waals surface area contributed by atoms with Crippen molar-refractivity contribution in [2.24, 2.45) is 4.99 Å². The van der Waals surface area contributed by atoms with Crippen molar-refractivity contribution < 1.29 is 13.9 Å². The molecule has 0 radical (unpaired) electrons. The molecule has 2 aliphatic rings. The van der Waals surface area contributed by atoms with Gasteiger partial charge in [0.05, 0.1) is 14.2 Å². The van der Waals surface area contributed by atoms with Gasteiger partial charge in [0.2, 0.25) is 0 Å². The largest absolute Gasteiger partial charge is 0.497 e. The molecule has 0 amide bonds. The van der Waals surface area contributed by atoms with E-state index in [-0.39, 0.29) is 41.8 Å². The number of nitrogens with zero attached hydrogens (tertiary/aromatic N) is 2. The second-order valence-electron chi connectivity index (χ2n) is 8.16. The Labute approximate surface area is 206 Å². The zero-order valence-electron chi connectivity index (χ0n) is 18.8. The Morgan fingerprint density at radius 1 is 1.03 bits per heavy atom. The summed E-state index contributed by atoms with van der Waals surface area (Å²) >= 11 is 0. The molecule has 1 saturated carbocycles. The van der Waals surface area contributed by atoms with Crippen LogP contribution in [-0.2, 0) is 0 Å². The van der Waals surface area contributed by atoms with Gasteiger partial charge in [0.1, 0.15) is 17.3 Å². The van der Waals surface area contributed by atoms with Crippen LogP contribution in [0.3, 0.4) is 0 Å².